The number of H-pyrrole nitrogens is 1. The quantitative estimate of drug-likeness (QED) is 0.804. The van der Waals surface area contributed by atoms with Crippen molar-refractivity contribution >= 4 is 11.0 Å². The highest BCUT2D eigenvalue weighted by atomic mass is 16.1. The minimum absolute atomic E-state index is 0.103. The van der Waals surface area contributed by atoms with E-state index in [1.807, 2.05) is 24.3 Å². The van der Waals surface area contributed by atoms with E-state index in [0.29, 0.717) is 12.2 Å². The molecule has 1 aliphatic rings. The topological polar surface area (TPSA) is 75.0 Å². The third kappa shape index (κ3) is 2.14. The van der Waals surface area contributed by atoms with Crippen LogP contribution in [-0.4, -0.2) is 34.0 Å². The predicted molar refractivity (Wildman–Crippen MR) is 70.2 cm³/mol. The Bertz CT molecular complexity index is 622. The number of fused-ring (bicyclic) bond motifs is 1. The molecule has 2 heterocycles. The third-order valence-electron chi connectivity index (χ3n) is 3.35. The summed E-state index contributed by atoms with van der Waals surface area (Å²) < 4.78 is 0. The van der Waals surface area contributed by atoms with Gasteiger partial charge in [-0.3, -0.25) is 9.69 Å². The molecule has 0 radical (unpaired) electrons. The van der Waals surface area contributed by atoms with E-state index in [4.69, 9.17) is 5.73 Å². The summed E-state index contributed by atoms with van der Waals surface area (Å²) >= 11 is 0. The van der Waals surface area contributed by atoms with Crippen molar-refractivity contribution in [1.82, 2.24) is 14.9 Å². The molecule has 0 unspecified atom stereocenters. The first-order valence-electron chi connectivity index (χ1n) is 6.18. The van der Waals surface area contributed by atoms with Crippen LogP contribution in [0, 0.1) is 0 Å². The van der Waals surface area contributed by atoms with Crippen molar-refractivity contribution in [2.24, 2.45) is 5.73 Å². The van der Waals surface area contributed by atoms with E-state index in [0.717, 1.165) is 30.5 Å². The highest BCUT2D eigenvalue weighted by Gasteiger charge is 2.20. The molecular weight excluding hydrogens is 228 g/mol. The number of rotatable bonds is 2. The van der Waals surface area contributed by atoms with E-state index in [9.17, 15) is 4.79 Å². The molecule has 94 valence electrons. The monoisotopic (exact) mass is 244 g/mol. The Morgan fingerprint density at radius 2 is 2.28 bits per heavy atom. The Morgan fingerprint density at radius 1 is 1.44 bits per heavy atom. The van der Waals surface area contributed by atoms with Gasteiger partial charge in [0.2, 0.25) is 0 Å². The predicted octanol–water partition coefficient (Wildman–Crippen LogP) is 0.456. The Hall–Kier alpha value is -1.72. The van der Waals surface area contributed by atoms with Crippen molar-refractivity contribution in [1.29, 1.82) is 0 Å². The molecule has 0 aliphatic carbocycles. The van der Waals surface area contributed by atoms with Crippen LogP contribution >= 0.6 is 0 Å². The molecule has 1 aliphatic heterocycles. The zero-order chi connectivity index (χ0) is 12.5. The normalized spacial score (nSPS) is 20.6. The van der Waals surface area contributed by atoms with Gasteiger partial charge in [0, 0.05) is 25.7 Å². The van der Waals surface area contributed by atoms with Crippen LogP contribution in [0.1, 0.15) is 12.1 Å². The zero-order valence-corrected chi connectivity index (χ0v) is 10.1. The number of nitrogens with zero attached hydrogens (tertiary/aromatic N) is 2. The Balaban J connectivity index is 1.92. The lowest BCUT2D eigenvalue weighted by Crippen LogP contribution is -2.29. The van der Waals surface area contributed by atoms with E-state index in [2.05, 4.69) is 14.9 Å². The molecule has 0 bridgehead atoms. The van der Waals surface area contributed by atoms with Crippen molar-refractivity contribution in [2.75, 3.05) is 13.1 Å². The molecule has 0 saturated carbocycles. The summed E-state index contributed by atoms with van der Waals surface area (Å²) in [7, 11) is 0. The van der Waals surface area contributed by atoms with E-state index in [1.165, 1.54) is 0 Å². The minimum atomic E-state index is -0.103. The Labute approximate surface area is 105 Å². The van der Waals surface area contributed by atoms with Gasteiger partial charge in [0.05, 0.1) is 11.0 Å². The Kier molecular flexibility index (Phi) is 2.85. The second kappa shape index (κ2) is 4.51. The number of para-hydroxylation sites is 2. The average Bonchev–Trinajstić information content (AvgIpc) is 2.76. The molecule has 1 fully saturated rings. The van der Waals surface area contributed by atoms with Crippen molar-refractivity contribution in [3.05, 3.63) is 40.3 Å². The highest BCUT2D eigenvalue weighted by molar-refractivity contribution is 5.73. The second-order valence-electron chi connectivity index (χ2n) is 4.81. The fraction of sp³-hybridized carbons (Fsp3) is 0.385. The lowest BCUT2D eigenvalue weighted by molar-refractivity contribution is 0.321. The van der Waals surface area contributed by atoms with Crippen molar-refractivity contribution in [3.63, 3.8) is 0 Å². The van der Waals surface area contributed by atoms with Crippen LogP contribution in [-0.2, 0) is 6.54 Å². The summed E-state index contributed by atoms with van der Waals surface area (Å²) in [6.07, 6.45) is 0.992. The molecule has 1 saturated heterocycles. The maximum atomic E-state index is 11.9. The van der Waals surface area contributed by atoms with Gasteiger partial charge < -0.3 is 10.7 Å². The summed E-state index contributed by atoms with van der Waals surface area (Å²) in [6, 6.07) is 7.80. The van der Waals surface area contributed by atoms with Crippen molar-refractivity contribution in [2.45, 2.75) is 19.0 Å². The first kappa shape index (κ1) is 11.4. The summed E-state index contributed by atoms with van der Waals surface area (Å²) in [6.45, 7) is 2.36. The van der Waals surface area contributed by atoms with Crippen LogP contribution < -0.4 is 11.3 Å². The maximum Gasteiger partial charge on any atom is 0.271 e. The number of hydrogen-bond donors (Lipinski definition) is 2. The molecule has 18 heavy (non-hydrogen) atoms. The van der Waals surface area contributed by atoms with Crippen LogP contribution in [0.25, 0.3) is 11.0 Å². The highest BCUT2D eigenvalue weighted by Crippen LogP contribution is 2.11. The van der Waals surface area contributed by atoms with Crippen molar-refractivity contribution < 1.29 is 0 Å². The van der Waals surface area contributed by atoms with E-state index >= 15 is 0 Å². The van der Waals surface area contributed by atoms with E-state index in [-0.39, 0.29) is 11.6 Å². The van der Waals surface area contributed by atoms with Crippen LogP contribution in [0.15, 0.2) is 29.1 Å². The molecule has 0 spiro atoms. The lowest BCUT2D eigenvalue weighted by atomic mass is 10.3. The molecule has 3 rings (SSSR count). The standard InChI is InChI=1S/C13H16N4O/c14-9-5-6-17(7-9)8-12-13(18)16-11-4-2-1-3-10(11)15-12/h1-4,9H,5-8,14H2,(H,16,18)/t9-/m0/s1. The zero-order valence-electron chi connectivity index (χ0n) is 10.1. The summed E-state index contributed by atoms with van der Waals surface area (Å²) in [4.78, 5) is 21.4. The molecule has 1 atom stereocenters. The smallest absolute Gasteiger partial charge is 0.271 e. The van der Waals surface area contributed by atoms with Gasteiger partial charge in [-0.05, 0) is 18.6 Å². The summed E-state index contributed by atoms with van der Waals surface area (Å²) in [5.74, 6) is 0. The first-order valence-corrected chi connectivity index (χ1v) is 6.18. The number of likely N-dealkylation sites (tertiary alicyclic amines) is 1. The van der Waals surface area contributed by atoms with Crippen molar-refractivity contribution in [3.8, 4) is 0 Å². The first-order chi connectivity index (χ1) is 8.72. The van der Waals surface area contributed by atoms with Gasteiger partial charge >= 0.3 is 0 Å². The van der Waals surface area contributed by atoms with Gasteiger partial charge in [-0.25, -0.2) is 4.98 Å². The molecule has 3 N–H and O–H groups in total. The molecule has 0 amide bonds. The van der Waals surface area contributed by atoms with Gasteiger partial charge in [0.15, 0.2) is 0 Å². The number of nitrogens with one attached hydrogen (secondary N) is 1. The fourth-order valence-corrected chi connectivity index (χ4v) is 2.39. The number of aromatic nitrogens is 2. The van der Waals surface area contributed by atoms with Crippen LogP contribution in [0.4, 0.5) is 0 Å². The van der Waals surface area contributed by atoms with Gasteiger partial charge in [0.1, 0.15) is 5.69 Å². The molecule has 1 aromatic heterocycles. The largest absolute Gasteiger partial charge is 0.326 e. The fourth-order valence-electron chi connectivity index (χ4n) is 2.39. The van der Waals surface area contributed by atoms with Crippen LogP contribution in [0.3, 0.4) is 0 Å². The second-order valence-corrected chi connectivity index (χ2v) is 4.81. The summed E-state index contributed by atoms with van der Waals surface area (Å²) in [5, 5.41) is 0. The molecule has 2 aromatic rings. The lowest BCUT2D eigenvalue weighted by Gasteiger charge is -2.13. The van der Waals surface area contributed by atoms with E-state index < -0.39 is 0 Å². The maximum absolute atomic E-state index is 11.9. The van der Waals surface area contributed by atoms with Gasteiger partial charge in [-0.1, -0.05) is 12.1 Å². The number of hydrogen-bond acceptors (Lipinski definition) is 4. The van der Waals surface area contributed by atoms with Gasteiger partial charge in [-0.2, -0.15) is 0 Å². The minimum Gasteiger partial charge on any atom is -0.326 e. The molecular formula is C13H16N4O. The van der Waals surface area contributed by atoms with Crippen LogP contribution in [0.2, 0.25) is 0 Å². The summed E-state index contributed by atoms with van der Waals surface area (Å²) in [5.41, 5.74) is 7.94. The molecule has 1 aromatic carbocycles. The SMILES string of the molecule is N[C@H]1CCN(Cc2nc3ccccc3[nH]c2=O)C1. The van der Waals surface area contributed by atoms with Gasteiger partial charge in [0.25, 0.3) is 5.56 Å². The molecule has 5 heteroatoms. The van der Waals surface area contributed by atoms with Crippen LogP contribution in [0.5, 0.6) is 0 Å². The third-order valence-corrected chi connectivity index (χ3v) is 3.35. The Morgan fingerprint density at radius 3 is 3.06 bits per heavy atom. The van der Waals surface area contributed by atoms with Gasteiger partial charge in [-0.15, -0.1) is 0 Å². The molecule has 5 nitrogen and oxygen atoms in total. The average molecular weight is 244 g/mol. The number of nitrogens with two attached hydrogens (primary N) is 1. The number of benzene rings is 1. The number of aromatic amines is 1. The van der Waals surface area contributed by atoms with E-state index in [1.54, 1.807) is 0 Å².